The van der Waals surface area contributed by atoms with E-state index in [1.165, 1.54) is 36.4 Å². The van der Waals surface area contributed by atoms with Crippen LogP contribution >= 0.6 is 0 Å². The first kappa shape index (κ1) is 17.9. The first-order valence-electron chi connectivity index (χ1n) is 8.32. The lowest BCUT2D eigenvalue weighted by Crippen LogP contribution is -2.29. The average Bonchev–Trinajstić information content (AvgIpc) is 2.73. The van der Waals surface area contributed by atoms with Crippen LogP contribution in [0.15, 0.2) is 58.4 Å². The molecule has 0 bridgehead atoms. The summed E-state index contributed by atoms with van der Waals surface area (Å²) in [5, 5.41) is 14.5. The van der Waals surface area contributed by atoms with Crippen LogP contribution in [-0.4, -0.2) is 32.7 Å². The summed E-state index contributed by atoms with van der Waals surface area (Å²) >= 11 is 0. The molecule has 0 aliphatic heterocycles. The molecule has 1 heterocycles. The Hall–Kier alpha value is -4.47. The van der Waals surface area contributed by atoms with Gasteiger partial charge < -0.3 is 4.98 Å². The van der Waals surface area contributed by atoms with Crippen LogP contribution < -0.4 is 11.0 Å². The maximum absolute atomic E-state index is 12.6. The highest BCUT2D eigenvalue weighted by molar-refractivity contribution is 6.26. The molecule has 0 atom stereocenters. The molecular weight excluding hydrogens is 378 g/mol. The molecule has 29 heavy (non-hydrogen) atoms. The van der Waals surface area contributed by atoms with Gasteiger partial charge in [0.05, 0.1) is 16.8 Å². The Balaban J connectivity index is 1.62. The van der Waals surface area contributed by atoms with Crippen LogP contribution in [0.3, 0.4) is 0 Å². The van der Waals surface area contributed by atoms with Gasteiger partial charge in [0.25, 0.3) is 11.2 Å². The minimum Gasteiger partial charge on any atom is -0.315 e. The molecule has 2 N–H and O–H groups in total. The molecular formula is C19H11N5O5. The maximum atomic E-state index is 12.6. The zero-order chi connectivity index (χ0) is 20.5. The van der Waals surface area contributed by atoms with Crippen LogP contribution in [0.4, 0.5) is 11.4 Å². The Morgan fingerprint density at radius 1 is 1.00 bits per heavy atom. The number of hydrazone groups is 1. The number of carbonyl (C=O) groups is 2. The number of hydrogen-bond donors (Lipinski definition) is 2. The van der Waals surface area contributed by atoms with Crippen LogP contribution in [-0.2, 0) is 0 Å². The highest BCUT2D eigenvalue weighted by Crippen LogP contribution is 2.23. The number of aromatic amines is 1. The Labute approximate surface area is 162 Å². The minimum atomic E-state index is -0.682. The summed E-state index contributed by atoms with van der Waals surface area (Å²) in [6.45, 7) is 0. The van der Waals surface area contributed by atoms with Gasteiger partial charge in [0.1, 0.15) is 17.1 Å². The molecule has 142 valence electrons. The summed E-state index contributed by atoms with van der Waals surface area (Å²) in [5.41, 5.74) is 2.26. The summed E-state index contributed by atoms with van der Waals surface area (Å²) < 4.78 is 0. The van der Waals surface area contributed by atoms with Crippen LogP contribution in [0.1, 0.15) is 37.8 Å². The van der Waals surface area contributed by atoms with Crippen molar-refractivity contribution in [2.45, 2.75) is 0 Å². The van der Waals surface area contributed by atoms with Crippen molar-refractivity contribution < 1.29 is 14.5 Å². The van der Waals surface area contributed by atoms with E-state index in [9.17, 15) is 24.5 Å². The molecule has 10 nitrogen and oxygen atoms in total. The zero-order valence-electron chi connectivity index (χ0n) is 14.6. The molecule has 0 saturated carbocycles. The largest absolute Gasteiger partial charge is 0.315 e. The number of carbonyl (C=O) groups excluding carboxylic acids is 2. The van der Waals surface area contributed by atoms with Crippen molar-refractivity contribution >= 4 is 29.2 Å². The summed E-state index contributed by atoms with van der Waals surface area (Å²) in [4.78, 5) is 54.0. The molecule has 10 heteroatoms. The molecule has 1 aliphatic rings. The Bertz CT molecular complexity index is 1260. The fourth-order valence-electron chi connectivity index (χ4n) is 2.85. The van der Waals surface area contributed by atoms with Crippen molar-refractivity contribution in [1.29, 1.82) is 0 Å². The van der Waals surface area contributed by atoms with Crippen LogP contribution in [0.25, 0.3) is 0 Å². The SMILES string of the molecule is O=C1c2ccccc2C(=O)c2[nH]c(=O)c(/C=N/Nc3ccc([N+](=O)[O-])cc3)nc21. The van der Waals surface area contributed by atoms with Gasteiger partial charge >= 0.3 is 0 Å². The Morgan fingerprint density at radius 3 is 2.31 bits per heavy atom. The first-order valence-corrected chi connectivity index (χ1v) is 8.32. The second kappa shape index (κ2) is 6.93. The fourth-order valence-corrected chi connectivity index (χ4v) is 2.85. The van der Waals surface area contributed by atoms with Gasteiger partial charge in [-0.3, -0.25) is 29.9 Å². The van der Waals surface area contributed by atoms with E-state index in [1.807, 2.05) is 0 Å². The number of non-ortho nitro benzene ring substituents is 1. The number of nitro benzene ring substituents is 1. The lowest BCUT2D eigenvalue weighted by molar-refractivity contribution is -0.384. The zero-order valence-corrected chi connectivity index (χ0v) is 14.6. The van der Waals surface area contributed by atoms with Crippen LogP contribution in [0.2, 0.25) is 0 Å². The van der Waals surface area contributed by atoms with Gasteiger partial charge in [-0.15, -0.1) is 0 Å². The lowest BCUT2D eigenvalue weighted by atomic mass is 9.90. The van der Waals surface area contributed by atoms with Gasteiger partial charge in [0, 0.05) is 23.3 Å². The van der Waals surface area contributed by atoms with E-state index in [0.29, 0.717) is 5.69 Å². The third kappa shape index (κ3) is 3.18. The van der Waals surface area contributed by atoms with Gasteiger partial charge in [0.2, 0.25) is 11.6 Å². The number of rotatable bonds is 4. The smallest absolute Gasteiger partial charge is 0.276 e. The van der Waals surface area contributed by atoms with Crippen molar-refractivity contribution in [3.63, 3.8) is 0 Å². The third-order valence-corrected chi connectivity index (χ3v) is 4.26. The highest BCUT2D eigenvalue weighted by atomic mass is 16.6. The minimum absolute atomic E-state index is 0.0733. The monoisotopic (exact) mass is 389 g/mol. The van der Waals surface area contributed by atoms with E-state index < -0.39 is 22.0 Å². The van der Waals surface area contributed by atoms with E-state index in [2.05, 4.69) is 20.5 Å². The van der Waals surface area contributed by atoms with E-state index in [-0.39, 0.29) is 33.9 Å². The summed E-state index contributed by atoms with van der Waals surface area (Å²) in [7, 11) is 0. The van der Waals surface area contributed by atoms with Crippen molar-refractivity contribution in [3.05, 3.63) is 97.2 Å². The normalized spacial score (nSPS) is 12.6. The predicted octanol–water partition coefficient (Wildman–Crippen LogP) is 1.90. The second-order valence-corrected chi connectivity index (χ2v) is 6.05. The number of nitrogens with one attached hydrogen (secondary N) is 2. The van der Waals surface area contributed by atoms with Crippen LogP contribution in [0, 0.1) is 10.1 Å². The van der Waals surface area contributed by atoms with Crippen LogP contribution in [0.5, 0.6) is 0 Å². The van der Waals surface area contributed by atoms with E-state index in [4.69, 9.17) is 0 Å². The first-order chi connectivity index (χ1) is 14.0. The molecule has 0 spiro atoms. The van der Waals surface area contributed by atoms with Gasteiger partial charge in [-0.1, -0.05) is 24.3 Å². The average molecular weight is 389 g/mol. The van der Waals surface area contributed by atoms with E-state index in [0.717, 1.165) is 6.21 Å². The van der Waals surface area contributed by atoms with Crippen molar-refractivity contribution in [2.24, 2.45) is 5.10 Å². The maximum Gasteiger partial charge on any atom is 0.276 e. The molecule has 2 aromatic carbocycles. The summed E-state index contributed by atoms with van der Waals surface area (Å²) in [6.07, 6.45) is 1.10. The van der Waals surface area contributed by atoms with Gasteiger partial charge in [-0.25, -0.2) is 4.98 Å². The number of ketones is 2. The second-order valence-electron chi connectivity index (χ2n) is 6.05. The molecule has 0 radical (unpaired) electrons. The topological polar surface area (TPSA) is 147 Å². The lowest BCUT2D eigenvalue weighted by Gasteiger charge is -2.15. The molecule has 1 aromatic heterocycles. The number of aromatic nitrogens is 2. The third-order valence-electron chi connectivity index (χ3n) is 4.26. The molecule has 3 aromatic rings. The number of nitrogens with zero attached hydrogens (tertiary/aromatic N) is 3. The van der Waals surface area contributed by atoms with Gasteiger partial charge in [-0.2, -0.15) is 5.10 Å². The Kier molecular flexibility index (Phi) is 4.28. The number of anilines is 1. The highest BCUT2D eigenvalue weighted by Gasteiger charge is 2.32. The van der Waals surface area contributed by atoms with Crippen molar-refractivity contribution in [3.8, 4) is 0 Å². The number of fused-ring (bicyclic) bond motifs is 2. The number of benzene rings is 2. The summed E-state index contributed by atoms with van der Waals surface area (Å²) in [5.74, 6) is -0.947. The van der Waals surface area contributed by atoms with E-state index >= 15 is 0 Å². The molecule has 0 unspecified atom stereocenters. The standard InChI is InChI=1S/C19H11N5O5/c25-17-12-3-1-2-4-13(12)18(26)16-15(17)21-14(19(27)22-16)9-20-23-10-5-7-11(8-6-10)24(28)29/h1-9,23H,(H,22,27)/b20-9+. The number of hydrogen-bond acceptors (Lipinski definition) is 8. The number of H-pyrrole nitrogens is 1. The molecule has 1 aliphatic carbocycles. The predicted molar refractivity (Wildman–Crippen MR) is 102 cm³/mol. The van der Waals surface area contributed by atoms with E-state index in [1.54, 1.807) is 12.1 Å². The molecule has 0 saturated heterocycles. The molecule has 4 rings (SSSR count). The molecule has 0 fully saturated rings. The van der Waals surface area contributed by atoms with Crippen molar-refractivity contribution in [2.75, 3.05) is 5.43 Å². The number of nitro groups is 1. The fraction of sp³-hybridized carbons (Fsp3) is 0. The van der Waals surface area contributed by atoms with Gasteiger partial charge in [0.15, 0.2) is 0 Å². The molecule has 0 amide bonds. The summed E-state index contributed by atoms with van der Waals surface area (Å²) in [6, 6.07) is 11.8. The van der Waals surface area contributed by atoms with Crippen molar-refractivity contribution in [1.82, 2.24) is 9.97 Å². The van der Waals surface area contributed by atoms with Gasteiger partial charge in [-0.05, 0) is 12.1 Å². The quantitative estimate of drug-likeness (QED) is 0.308. The Morgan fingerprint density at radius 2 is 1.66 bits per heavy atom.